The Hall–Kier alpha value is -4.20. The van der Waals surface area contributed by atoms with Crippen LogP contribution in [-0.2, 0) is 9.53 Å². The van der Waals surface area contributed by atoms with Crippen LogP contribution >= 0.6 is 11.8 Å². The Morgan fingerprint density at radius 2 is 1.45 bits per heavy atom. The van der Waals surface area contributed by atoms with Crippen LogP contribution in [0.4, 0.5) is 0 Å². The minimum absolute atomic E-state index is 0.0824. The van der Waals surface area contributed by atoms with Gasteiger partial charge in [0.15, 0.2) is 6.61 Å². The molecule has 0 unspecified atom stereocenters. The summed E-state index contributed by atoms with van der Waals surface area (Å²) in [5.41, 5.74) is 6.49. The summed E-state index contributed by atoms with van der Waals surface area (Å²) in [5.74, 6) is 7.61. The van der Waals surface area contributed by atoms with Gasteiger partial charge in [-0.3, -0.25) is 0 Å². The molecular formula is C34H30O3S. The molecule has 0 aliphatic rings. The van der Waals surface area contributed by atoms with E-state index in [1.807, 2.05) is 55.5 Å². The predicted octanol–water partition coefficient (Wildman–Crippen LogP) is 7.56. The molecule has 0 saturated carbocycles. The summed E-state index contributed by atoms with van der Waals surface area (Å²) in [7, 11) is 0. The number of benzene rings is 4. The lowest BCUT2D eigenvalue weighted by atomic mass is 9.97. The Balaban J connectivity index is 1.46. The molecule has 0 amide bonds. The van der Waals surface area contributed by atoms with Crippen molar-refractivity contribution in [3.63, 3.8) is 0 Å². The number of hydrogen-bond acceptors (Lipinski definition) is 4. The van der Waals surface area contributed by atoms with Crippen molar-refractivity contribution in [1.29, 1.82) is 0 Å². The van der Waals surface area contributed by atoms with E-state index >= 15 is 0 Å². The van der Waals surface area contributed by atoms with Gasteiger partial charge in [-0.2, -0.15) is 0 Å². The largest absolute Gasteiger partial charge is 0.482 e. The smallest absolute Gasteiger partial charge is 0.344 e. The van der Waals surface area contributed by atoms with Crippen LogP contribution in [-0.4, -0.2) is 24.9 Å². The van der Waals surface area contributed by atoms with E-state index in [2.05, 4.69) is 72.5 Å². The van der Waals surface area contributed by atoms with Gasteiger partial charge >= 0.3 is 5.97 Å². The molecule has 4 aromatic rings. The van der Waals surface area contributed by atoms with Crippen molar-refractivity contribution in [3.05, 3.63) is 137 Å². The maximum Gasteiger partial charge on any atom is 0.344 e. The average molecular weight is 519 g/mol. The van der Waals surface area contributed by atoms with E-state index in [1.54, 1.807) is 18.7 Å². The number of carbonyl (C=O) groups excluding carboxylic acids is 1. The first-order valence-corrected chi connectivity index (χ1v) is 13.6. The molecule has 0 saturated heterocycles. The summed E-state index contributed by atoms with van der Waals surface area (Å²) < 4.78 is 10.5. The second-order valence-electron chi connectivity index (χ2n) is 8.51. The Morgan fingerprint density at radius 3 is 2.11 bits per heavy atom. The molecule has 38 heavy (non-hydrogen) atoms. The molecule has 0 aliphatic carbocycles. The standard InChI is InChI=1S/C34H30O3S/c1-3-36-34(35)25-37-33-21-20-31(24-26(33)2)38-23-22-32(29-12-8-5-9-13-29)30-18-16-28(17-19-30)15-14-27-10-6-4-7-11-27/h4-13,16-22,24H,3,23,25H2,1-2H3. The zero-order valence-corrected chi connectivity index (χ0v) is 22.5. The summed E-state index contributed by atoms with van der Waals surface area (Å²) in [6.07, 6.45) is 2.27. The summed E-state index contributed by atoms with van der Waals surface area (Å²) >= 11 is 1.76. The molecule has 0 aromatic heterocycles. The monoisotopic (exact) mass is 518 g/mol. The second kappa shape index (κ2) is 13.9. The van der Waals surface area contributed by atoms with Crippen LogP contribution < -0.4 is 4.74 Å². The molecular weight excluding hydrogens is 488 g/mol. The lowest BCUT2D eigenvalue weighted by molar-refractivity contribution is -0.145. The topological polar surface area (TPSA) is 35.5 Å². The Kier molecular flexibility index (Phi) is 9.84. The minimum Gasteiger partial charge on any atom is -0.482 e. The van der Waals surface area contributed by atoms with Crippen LogP contribution in [0.15, 0.2) is 114 Å². The molecule has 190 valence electrons. The third kappa shape index (κ3) is 7.90. The number of carbonyl (C=O) groups is 1. The molecule has 4 heteroatoms. The predicted molar refractivity (Wildman–Crippen MR) is 156 cm³/mol. The van der Waals surface area contributed by atoms with Gasteiger partial charge in [0, 0.05) is 21.8 Å². The highest BCUT2D eigenvalue weighted by molar-refractivity contribution is 7.99. The highest BCUT2D eigenvalue weighted by Gasteiger charge is 2.08. The summed E-state index contributed by atoms with van der Waals surface area (Å²) in [6.45, 7) is 4.03. The fourth-order valence-corrected chi connectivity index (χ4v) is 4.72. The maximum absolute atomic E-state index is 11.6. The summed E-state index contributed by atoms with van der Waals surface area (Å²) in [5, 5.41) is 0. The van der Waals surface area contributed by atoms with E-state index in [0.717, 1.165) is 32.9 Å². The maximum atomic E-state index is 11.6. The van der Waals surface area contributed by atoms with Gasteiger partial charge in [-0.15, -0.1) is 11.8 Å². The van der Waals surface area contributed by atoms with Crippen molar-refractivity contribution in [2.75, 3.05) is 19.0 Å². The first-order valence-electron chi connectivity index (χ1n) is 12.6. The lowest BCUT2D eigenvalue weighted by Crippen LogP contribution is -2.14. The van der Waals surface area contributed by atoms with E-state index < -0.39 is 0 Å². The van der Waals surface area contributed by atoms with Gasteiger partial charge in [-0.1, -0.05) is 78.6 Å². The van der Waals surface area contributed by atoms with E-state index in [4.69, 9.17) is 9.47 Å². The second-order valence-corrected chi connectivity index (χ2v) is 9.60. The quantitative estimate of drug-likeness (QED) is 0.130. The highest BCUT2D eigenvalue weighted by Crippen LogP contribution is 2.29. The average Bonchev–Trinajstić information content (AvgIpc) is 2.95. The van der Waals surface area contributed by atoms with Gasteiger partial charge in [0.2, 0.25) is 0 Å². The molecule has 0 N–H and O–H groups in total. The van der Waals surface area contributed by atoms with Gasteiger partial charge in [0.05, 0.1) is 6.61 Å². The molecule has 4 aromatic carbocycles. The Bertz CT molecular complexity index is 1430. The highest BCUT2D eigenvalue weighted by atomic mass is 32.2. The van der Waals surface area contributed by atoms with Gasteiger partial charge in [0.25, 0.3) is 0 Å². The van der Waals surface area contributed by atoms with Crippen LogP contribution in [0.1, 0.15) is 34.7 Å². The van der Waals surface area contributed by atoms with Gasteiger partial charge < -0.3 is 9.47 Å². The van der Waals surface area contributed by atoms with Crippen molar-refractivity contribution in [2.24, 2.45) is 0 Å². The Morgan fingerprint density at radius 1 is 0.816 bits per heavy atom. The minimum atomic E-state index is -0.361. The lowest BCUT2D eigenvalue weighted by Gasteiger charge is -2.11. The number of aryl methyl sites for hydroxylation is 1. The summed E-state index contributed by atoms with van der Waals surface area (Å²) in [6, 6.07) is 34.9. The van der Waals surface area contributed by atoms with Crippen LogP contribution in [0.3, 0.4) is 0 Å². The third-order valence-electron chi connectivity index (χ3n) is 5.74. The molecule has 0 bridgehead atoms. The van der Waals surface area contributed by atoms with E-state index in [0.29, 0.717) is 12.4 Å². The van der Waals surface area contributed by atoms with Crippen LogP contribution in [0.2, 0.25) is 0 Å². The number of ether oxygens (including phenoxy) is 2. The van der Waals surface area contributed by atoms with Crippen molar-refractivity contribution >= 4 is 23.3 Å². The van der Waals surface area contributed by atoms with E-state index in [-0.39, 0.29) is 12.6 Å². The molecule has 0 spiro atoms. The number of thioether (sulfide) groups is 1. The van der Waals surface area contributed by atoms with Crippen molar-refractivity contribution < 1.29 is 14.3 Å². The molecule has 0 aliphatic heterocycles. The molecule has 0 atom stereocenters. The summed E-state index contributed by atoms with van der Waals surface area (Å²) in [4.78, 5) is 12.7. The molecule has 4 rings (SSSR count). The normalized spacial score (nSPS) is 10.8. The van der Waals surface area contributed by atoms with Crippen molar-refractivity contribution in [3.8, 4) is 17.6 Å². The van der Waals surface area contributed by atoms with Gasteiger partial charge in [0.1, 0.15) is 5.75 Å². The van der Waals surface area contributed by atoms with E-state index in [9.17, 15) is 4.79 Å². The zero-order valence-electron chi connectivity index (χ0n) is 21.6. The number of esters is 1. The van der Waals surface area contributed by atoms with Crippen LogP contribution in [0.25, 0.3) is 5.57 Å². The van der Waals surface area contributed by atoms with Gasteiger partial charge in [-0.05, 0) is 78.6 Å². The SMILES string of the molecule is CCOC(=O)COc1ccc(SCC=C(c2ccccc2)c2ccc(C#Cc3ccccc3)cc2)cc1C. The number of hydrogen-bond donors (Lipinski definition) is 0. The molecule has 0 fully saturated rings. The first-order chi connectivity index (χ1) is 18.6. The van der Waals surface area contributed by atoms with Crippen LogP contribution in [0.5, 0.6) is 5.75 Å². The van der Waals surface area contributed by atoms with Crippen LogP contribution in [0, 0.1) is 18.8 Å². The zero-order chi connectivity index (χ0) is 26.6. The van der Waals surface area contributed by atoms with Gasteiger partial charge in [-0.25, -0.2) is 4.79 Å². The fourth-order valence-electron chi connectivity index (χ4n) is 3.85. The number of rotatable bonds is 9. The Labute approximate surface area is 229 Å². The fraction of sp³-hybridized carbons (Fsp3) is 0.147. The molecule has 0 heterocycles. The van der Waals surface area contributed by atoms with Crippen molar-refractivity contribution in [1.82, 2.24) is 0 Å². The molecule has 0 radical (unpaired) electrons. The molecule has 3 nitrogen and oxygen atoms in total. The third-order valence-corrected chi connectivity index (χ3v) is 6.66. The van der Waals surface area contributed by atoms with Crippen molar-refractivity contribution in [2.45, 2.75) is 18.7 Å². The first kappa shape index (κ1) is 26.9. The van der Waals surface area contributed by atoms with E-state index in [1.165, 1.54) is 11.1 Å².